The highest BCUT2D eigenvalue weighted by atomic mass is 35.5. The first-order valence-corrected chi connectivity index (χ1v) is 8.30. The molecule has 3 rings (SSSR count). The molecule has 0 radical (unpaired) electrons. The van der Waals surface area contributed by atoms with E-state index in [9.17, 15) is 14.7 Å². The Morgan fingerprint density at radius 3 is 2.54 bits per heavy atom. The average Bonchev–Trinajstić information content (AvgIpc) is 2.87. The first kappa shape index (κ1) is 18.1. The van der Waals surface area contributed by atoms with E-state index in [0.29, 0.717) is 10.6 Å². The van der Waals surface area contributed by atoms with Gasteiger partial charge in [0, 0.05) is 5.02 Å². The molecule has 1 aliphatic heterocycles. The number of hydrogen-bond acceptors (Lipinski definition) is 4. The third-order valence-corrected chi connectivity index (χ3v) is 4.34. The van der Waals surface area contributed by atoms with Crippen LogP contribution in [-0.4, -0.2) is 29.1 Å². The lowest BCUT2D eigenvalue weighted by Gasteiger charge is -2.11. The van der Waals surface area contributed by atoms with Gasteiger partial charge in [0.25, 0.3) is 5.91 Å². The monoisotopic (exact) mass is 392 g/mol. The molecular weight excluding hydrogens is 379 g/mol. The maximum absolute atomic E-state index is 12.5. The van der Waals surface area contributed by atoms with Crippen LogP contribution >= 0.6 is 23.2 Å². The van der Waals surface area contributed by atoms with Crippen molar-refractivity contribution in [2.45, 2.75) is 6.54 Å². The van der Waals surface area contributed by atoms with Gasteiger partial charge in [0.2, 0.25) is 0 Å². The molecule has 6 nitrogen and oxygen atoms in total. The number of amides is 3. The highest BCUT2D eigenvalue weighted by Gasteiger charge is 2.33. The number of hydrogen-bond donors (Lipinski definition) is 2. The van der Waals surface area contributed by atoms with Crippen molar-refractivity contribution in [3.05, 3.63) is 63.3 Å². The van der Waals surface area contributed by atoms with Gasteiger partial charge in [-0.25, -0.2) is 4.79 Å². The van der Waals surface area contributed by atoms with Gasteiger partial charge in [0.15, 0.2) is 11.5 Å². The number of ether oxygens (including phenoxy) is 1. The lowest BCUT2D eigenvalue weighted by atomic mass is 10.1. The van der Waals surface area contributed by atoms with E-state index in [4.69, 9.17) is 27.9 Å². The third kappa shape index (κ3) is 3.61. The van der Waals surface area contributed by atoms with Crippen LogP contribution in [0.5, 0.6) is 11.5 Å². The van der Waals surface area contributed by atoms with E-state index in [1.54, 1.807) is 24.3 Å². The number of rotatable bonds is 4. The zero-order valence-electron chi connectivity index (χ0n) is 13.6. The summed E-state index contributed by atoms with van der Waals surface area (Å²) in [6.07, 6.45) is 1.47. The van der Waals surface area contributed by atoms with Crippen LogP contribution in [-0.2, 0) is 11.3 Å². The maximum Gasteiger partial charge on any atom is 0.329 e. The summed E-state index contributed by atoms with van der Waals surface area (Å²) in [5.41, 5.74) is 1.38. The Hall–Kier alpha value is -2.70. The molecule has 1 heterocycles. The Balaban J connectivity index is 1.85. The van der Waals surface area contributed by atoms with Crippen LogP contribution in [0, 0.1) is 0 Å². The number of nitrogens with zero attached hydrogens (tertiary/aromatic N) is 1. The van der Waals surface area contributed by atoms with Gasteiger partial charge in [-0.2, -0.15) is 0 Å². The van der Waals surface area contributed by atoms with Crippen molar-refractivity contribution in [2.75, 3.05) is 7.11 Å². The number of nitrogens with one attached hydrogen (secondary N) is 1. The minimum atomic E-state index is -0.520. The molecule has 2 N–H and O–H groups in total. The highest BCUT2D eigenvalue weighted by molar-refractivity contribution is 6.32. The van der Waals surface area contributed by atoms with Crippen LogP contribution in [0.15, 0.2) is 42.1 Å². The molecule has 0 atom stereocenters. The van der Waals surface area contributed by atoms with Crippen molar-refractivity contribution in [3.63, 3.8) is 0 Å². The fourth-order valence-electron chi connectivity index (χ4n) is 2.49. The Morgan fingerprint density at radius 1 is 1.19 bits per heavy atom. The predicted octanol–water partition coefficient (Wildman–Crippen LogP) is 3.80. The van der Waals surface area contributed by atoms with Crippen molar-refractivity contribution in [3.8, 4) is 11.5 Å². The fraction of sp³-hybridized carbons (Fsp3) is 0.111. The van der Waals surface area contributed by atoms with E-state index in [1.807, 2.05) is 0 Å². The summed E-state index contributed by atoms with van der Waals surface area (Å²) in [7, 11) is 1.39. The molecule has 0 saturated carbocycles. The topological polar surface area (TPSA) is 78.9 Å². The molecule has 1 aliphatic rings. The Labute approximate surface area is 159 Å². The molecule has 0 bridgehead atoms. The van der Waals surface area contributed by atoms with Gasteiger partial charge in [0.05, 0.1) is 18.7 Å². The van der Waals surface area contributed by atoms with E-state index in [-0.39, 0.29) is 28.8 Å². The lowest BCUT2D eigenvalue weighted by molar-refractivity contribution is -0.123. The maximum atomic E-state index is 12.5. The zero-order chi connectivity index (χ0) is 18.8. The number of carbonyl (C=O) groups excluding carboxylic acids is 2. The molecule has 0 spiro atoms. The summed E-state index contributed by atoms with van der Waals surface area (Å²) in [4.78, 5) is 25.8. The predicted molar refractivity (Wildman–Crippen MR) is 98.2 cm³/mol. The molecule has 3 amide bonds. The number of phenolic OH excluding ortho intramolecular Hbond substituents is 1. The first-order chi connectivity index (χ1) is 12.4. The number of halogens is 2. The van der Waals surface area contributed by atoms with E-state index in [1.165, 1.54) is 25.3 Å². The summed E-state index contributed by atoms with van der Waals surface area (Å²) in [6, 6.07) is 9.33. The molecule has 134 valence electrons. The summed E-state index contributed by atoms with van der Waals surface area (Å²) in [5, 5.41) is 13.0. The standard InChI is InChI=1S/C18H14Cl2N2O4/c1-26-15-8-11(6-13(20)16(15)23)7-14-17(24)22(18(25)21-14)9-10-2-4-12(19)5-3-10/h2-8,23H,9H2,1H3,(H,21,25)/b14-7-. The lowest BCUT2D eigenvalue weighted by Crippen LogP contribution is -2.30. The number of aromatic hydroxyl groups is 1. The van der Waals surface area contributed by atoms with Gasteiger partial charge >= 0.3 is 6.03 Å². The smallest absolute Gasteiger partial charge is 0.329 e. The molecule has 0 aromatic heterocycles. The quantitative estimate of drug-likeness (QED) is 0.612. The SMILES string of the molecule is COc1cc(/C=C2\NC(=O)N(Cc3ccc(Cl)cc3)C2=O)cc(Cl)c1O. The second kappa shape index (κ2) is 7.27. The number of methoxy groups -OCH3 is 1. The Morgan fingerprint density at radius 2 is 1.88 bits per heavy atom. The molecule has 26 heavy (non-hydrogen) atoms. The third-order valence-electron chi connectivity index (χ3n) is 3.80. The fourth-order valence-corrected chi connectivity index (χ4v) is 2.83. The summed E-state index contributed by atoms with van der Waals surface area (Å²) in [5.74, 6) is -0.491. The minimum Gasteiger partial charge on any atom is -0.503 e. The molecule has 0 unspecified atom stereocenters. The molecule has 2 aromatic carbocycles. The zero-order valence-corrected chi connectivity index (χ0v) is 15.1. The largest absolute Gasteiger partial charge is 0.503 e. The van der Waals surface area contributed by atoms with Gasteiger partial charge in [-0.1, -0.05) is 35.3 Å². The van der Waals surface area contributed by atoms with Crippen LogP contribution in [0.2, 0.25) is 10.0 Å². The number of carbonyl (C=O) groups is 2. The number of imide groups is 1. The number of benzene rings is 2. The van der Waals surface area contributed by atoms with Crippen LogP contribution in [0.4, 0.5) is 4.79 Å². The van der Waals surface area contributed by atoms with Gasteiger partial charge in [-0.15, -0.1) is 0 Å². The second-order valence-corrected chi connectivity index (χ2v) is 6.40. The molecule has 0 aliphatic carbocycles. The van der Waals surface area contributed by atoms with Crippen molar-refractivity contribution in [1.82, 2.24) is 10.2 Å². The van der Waals surface area contributed by atoms with Crippen molar-refractivity contribution in [2.24, 2.45) is 0 Å². The molecule has 1 saturated heterocycles. The van der Waals surface area contributed by atoms with E-state index >= 15 is 0 Å². The van der Waals surface area contributed by atoms with E-state index in [0.717, 1.165) is 10.5 Å². The van der Waals surface area contributed by atoms with Crippen molar-refractivity contribution >= 4 is 41.2 Å². The molecule has 2 aromatic rings. The van der Waals surface area contributed by atoms with Gasteiger partial charge in [-0.3, -0.25) is 9.69 Å². The van der Waals surface area contributed by atoms with E-state index < -0.39 is 11.9 Å². The normalized spacial score (nSPS) is 15.5. The first-order valence-electron chi connectivity index (χ1n) is 7.54. The number of phenols is 1. The second-order valence-electron chi connectivity index (χ2n) is 5.56. The van der Waals surface area contributed by atoms with Crippen molar-refractivity contribution < 1.29 is 19.4 Å². The number of urea groups is 1. The summed E-state index contributed by atoms with van der Waals surface area (Å²) in [6.45, 7) is 0.124. The van der Waals surface area contributed by atoms with Crippen LogP contribution in [0.1, 0.15) is 11.1 Å². The van der Waals surface area contributed by atoms with Gasteiger partial charge < -0.3 is 15.2 Å². The molecular formula is C18H14Cl2N2O4. The highest BCUT2D eigenvalue weighted by Crippen LogP contribution is 2.35. The van der Waals surface area contributed by atoms with Crippen LogP contribution in [0.25, 0.3) is 6.08 Å². The minimum absolute atomic E-state index is 0.0750. The van der Waals surface area contributed by atoms with Gasteiger partial charge in [-0.05, 0) is 41.5 Å². The molecule has 1 fully saturated rings. The van der Waals surface area contributed by atoms with E-state index in [2.05, 4.69) is 5.32 Å². The Kier molecular flexibility index (Phi) is 5.06. The summed E-state index contributed by atoms with van der Waals surface area (Å²) < 4.78 is 5.03. The average molecular weight is 393 g/mol. The Bertz CT molecular complexity index is 910. The summed E-state index contributed by atoms with van der Waals surface area (Å²) >= 11 is 11.8. The van der Waals surface area contributed by atoms with Gasteiger partial charge in [0.1, 0.15) is 5.70 Å². The van der Waals surface area contributed by atoms with Crippen molar-refractivity contribution in [1.29, 1.82) is 0 Å². The van der Waals surface area contributed by atoms with Crippen LogP contribution in [0.3, 0.4) is 0 Å². The van der Waals surface area contributed by atoms with Crippen LogP contribution < -0.4 is 10.1 Å². The molecule has 8 heteroatoms.